The molecule has 1 aliphatic carbocycles. The molecule has 168 valence electrons. The Hall–Kier alpha value is -3.32. The number of rotatable bonds is 5. The molecule has 5 nitrogen and oxygen atoms in total. The van der Waals surface area contributed by atoms with Crippen molar-refractivity contribution in [3.63, 3.8) is 0 Å². The molecular weight excluding hydrogens is 439 g/mol. The van der Waals surface area contributed by atoms with Crippen LogP contribution in [0.2, 0.25) is 0 Å². The molecule has 2 heterocycles. The van der Waals surface area contributed by atoms with Crippen LogP contribution < -0.4 is 0 Å². The van der Waals surface area contributed by atoms with Gasteiger partial charge in [0, 0.05) is 11.6 Å². The highest BCUT2D eigenvalue weighted by molar-refractivity contribution is 7.17. The molecule has 2 aliphatic rings. The first-order valence-corrected chi connectivity index (χ1v) is 11.9. The average molecular weight is 463 g/mol. The first-order chi connectivity index (χ1) is 16.0. The van der Waals surface area contributed by atoms with Gasteiger partial charge >= 0.3 is 0 Å². The molecule has 1 saturated carbocycles. The zero-order valence-corrected chi connectivity index (χ0v) is 18.9. The van der Waals surface area contributed by atoms with E-state index >= 15 is 0 Å². The number of halogens is 1. The molecule has 7 heteroatoms. The molecular formula is C26H23FN2O3S. The van der Waals surface area contributed by atoms with Gasteiger partial charge in [0.2, 0.25) is 5.78 Å². The highest BCUT2D eigenvalue weighted by Gasteiger charge is 2.47. The SMILES string of the molecule is Cc1nc(-c2ccccc2)sc1C(=O)C1=C(O)C(=O)N(C2CCCC2)C1c1ccc(F)cc1. The minimum absolute atomic E-state index is 0.0462. The van der Waals surface area contributed by atoms with Crippen LogP contribution in [-0.2, 0) is 4.79 Å². The number of carbonyl (C=O) groups is 2. The molecule has 1 amide bonds. The van der Waals surface area contributed by atoms with Gasteiger partial charge < -0.3 is 10.0 Å². The van der Waals surface area contributed by atoms with Gasteiger partial charge in [-0.1, -0.05) is 55.3 Å². The van der Waals surface area contributed by atoms with Crippen LogP contribution in [0, 0.1) is 12.7 Å². The number of thiazole rings is 1. The number of Topliss-reactive ketones (excluding diaryl/α,β-unsaturated/α-hetero) is 1. The number of aliphatic hydroxyl groups excluding tert-OH is 1. The van der Waals surface area contributed by atoms with E-state index in [0.29, 0.717) is 21.1 Å². The minimum atomic E-state index is -0.754. The summed E-state index contributed by atoms with van der Waals surface area (Å²) in [5.74, 6) is -1.87. The lowest BCUT2D eigenvalue weighted by atomic mass is 9.94. The number of aliphatic hydroxyl groups is 1. The predicted octanol–water partition coefficient (Wildman–Crippen LogP) is 5.78. The Labute approximate surface area is 195 Å². The lowest BCUT2D eigenvalue weighted by molar-refractivity contribution is -0.131. The summed E-state index contributed by atoms with van der Waals surface area (Å²) < 4.78 is 13.6. The van der Waals surface area contributed by atoms with Crippen molar-refractivity contribution in [2.45, 2.75) is 44.7 Å². The Bertz CT molecular complexity index is 1240. The van der Waals surface area contributed by atoms with E-state index in [-0.39, 0.29) is 11.6 Å². The number of nitrogens with zero attached hydrogens (tertiary/aromatic N) is 2. The summed E-state index contributed by atoms with van der Waals surface area (Å²) >= 11 is 1.25. The van der Waals surface area contributed by atoms with E-state index in [1.165, 1.54) is 23.5 Å². The van der Waals surface area contributed by atoms with Crippen molar-refractivity contribution < 1.29 is 19.1 Å². The van der Waals surface area contributed by atoms with Crippen LogP contribution in [0.15, 0.2) is 65.9 Å². The Balaban J connectivity index is 1.59. The summed E-state index contributed by atoms with van der Waals surface area (Å²) in [6.07, 6.45) is 3.61. The van der Waals surface area contributed by atoms with Gasteiger partial charge in [-0.2, -0.15) is 0 Å². The number of aryl methyl sites for hydroxylation is 1. The average Bonchev–Trinajstić information content (AvgIpc) is 3.54. The quantitative estimate of drug-likeness (QED) is 0.488. The third-order valence-corrected chi connectivity index (χ3v) is 7.62. The van der Waals surface area contributed by atoms with Gasteiger partial charge in [0.1, 0.15) is 10.8 Å². The molecule has 0 saturated heterocycles. The van der Waals surface area contributed by atoms with Crippen molar-refractivity contribution in [3.05, 3.63) is 87.9 Å². The third-order valence-electron chi connectivity index (χ3n) is 6.42. The van der Waals surface area contributed by atoms with E-state index in [4.69, 9.17) is 0 Å². The van der Waals surface area contributed by atoms with E-state index in [0.717, 1.165) is 31.2 Å². The molecule has 5 rings (SSSR count). The Morgan fingerprint density at radius 3 is 2.42 bits per heavy atom. The van der Waals surface area contributed by atoms with Crippen LogP contribution in [0.1, 0.15) is 52.7 Å². The second-order valence-corrected chi connectivity index (χ2v) is 9.49. The fourth-order valence-corrected chi connectivity index (χ4v) is 5.85. The van der Waals surface area contributed by atoms with Crippen molar-refractivity contribution in [1.82, 2.24) is 9.88 Å². The molecule has 1 unspecified atom stereocenters. The monoisotopic (exact) mass is 462 g/mol. The number of carbonyl (C=O) groups excluding carboxylic acids is 2. The summed E-state index contributed by atoms with van der Waals surface area (Å²) in [5, 5.41) is 11.6. The maximum atomic E-state index is 13.8. The largest absolute Gasteiger partial charge is 0.503 e. The maximum Gasteiger partial charge on any atom is 0.290 e. The van der Waals surface area contributed by atoms with Crippen LogP contribution in [0.5, 0.6) is 0 Å². The van der Waals surface area contributed by atoms with Gasteiger partial charge in [-0.05, 0) is 37.5 Å². The predicted molar refractivity (Wildman–Crippen MR) is 125 cm³/mol. The molecule has 2 aromatic carbocycles. The van der Waals surface area contributed by atoms with Gasteiger partial charge in [-0.25, -0.2) is 9.37 Å². The number of amides is 1. The summed E-state index contributed by atoms with van der Waals surface area (Å²) in [5.41, 5.74) is 2.10. The van der Waals surface area contributed by atoms with E-state index in [1.54, 1.807) is 24.0 Å². The number of ketones is 1. The molecule has 0 radical (unpaired) electrons. The van der Waals surface area contributed by atoms with Crippen LogP contribution >= 0.6 is 11.3 Å². The molecule has 0 spiro atoms. The molecule has 1 aromatic heterocycles. The van der Waals surface area contributed by atoms with E-state index in [9.17, 15) is 19.1 Å². The molecule has 0 bridgehead atoms. The standard InChI is InChI=1S/C26H23FN2O3S/c1-15-24(33-25(28-15)17-7-3-2-4-8-17)22(30)20-21(16-11-13-18(27)14-12-16)29(26(32)23(20)31)19-9-5-6-10-19/h2-4,7-8,11-14,19,21,31H,5-6,9-10H2,1H3. The molecule has 1 atom stereocenters. The first-order valence-electron chi connectivity index (χ1n) is 11.0. The van der Waals surface area contributed by atoms with E-state index < -0.39 is 29.3 Å². The van der Waals surface area contributed by atoms with Crippen LogP contribution in [0.3, 0.4) is 0 Å². The summed E-state index contributed by atoms with van der Waals surface area (Å²) in [6, 6.07) is 14.5. The fraction of sp³-hybridized carbons (Fsp3) is 0.269. The first kappa shape index (κ1) is 21.5. The van der Waals surface area contributed by atoms with Gasteiger partial charge in [0.05, 0.1) is 22.2 Å². The summed E-state index contributed by atoms with van der Waals surface area (Å²) in [7, 11) is 0. The lowest BCUT2D eigenvalue weighted by Crippen LogP contribution is -2.38. The summed E-state index contributed by atoms with van der Waals surface area (Å²) in [4.78, 5) is 33.5. The second-order valence-electron chi connectivity index (χ2n) is 8.50. The smallest absolute Gasteiger partial charge is 0.290 e. The highest BCUT2D eigenvalue weighted by Crippen LogP contribution is 2.44. The number of hydrogen-bond acceptors (Lipinski definition) is 5. The lowest BCUT2D eigenvalue weighted by Gasteiger charge is -2.32. The normalized spacial score (nSPS) is 19.0. The Morgan fingerprint density at radius 1 is 1.09 bits per heavy atom. The molecule has 1 aliphatic heterocycles. The maximum absolute atomic E-state index is 13.8. The molecule has 33 heavy (non-hydrogen) atoms. The van der Waals surface area contributed by atoms with Gasteiger partial charge in [-0.3, -0.25) is 9.59 Å². The number of benzene rings is 2. The number of aromatic nitrogens is 1. The zero-order valence-electron chi connectivity index (χ0n) is 18.1. The minimum Gasteiger partial charge on any atom is -0.503 e. The zero-order chi connectivity index (χ0) is 23.1. The van der Waals surface area contributed by atoms with Gasteiger partial charge in [-0.15, -0.1) is 11.3 Å². The van der Waals surface area contributed by atoms with Crippen LogP contribution in [-0.4, -0.2) is 32.7 Å². The Morgan fingerprint density at radius 2 is 1.76 bits per heavy atom. The number of hydrogen-bond donors (Lipinski definition) is 1. The van der Waals surface area contributed by atoms with Gasteiger partial charge in [0.25, 0.3) is 5.91 Å². The molecule has 1 N–H and O–H groups in total. The van der Waals surface area contributed by atoms with E-state index in [2.05, 4.69) is 4.98 Å². The highest BCUT2D eigenvalue weighted by atomic mass is 32.1. The van der Waals surface area contributed by atoms with Crippen LogP contribution in [0.4, 0.5) is 4.39 Å². The van der Waals surface area contributed by atoms with Crippen molar-refractivity contribution in [2.75, 3.05) is 0 Å². The van der Waals surface area contributed by atoms with Crippen molar-refractivity contribution in [2.24, 2.45) is 0 Å². The third kappa shape index (κ3) is 3.76. The summed E-state index contributed by atoms with van der Waals surface area (Å²) in [6.45, 7) is 1.76. The van der Waals surface area contributed by atoms with E-state index in [1.807, 2.05) is 30.3 Å². The topological polar surface area (TPSA) is 70.5 Å². The fourth-order valence-electron chi connectivity index (χ4n) is 4.82. The Kier molecular flexibility index (Phi) is 5.58. The molecule has 1 fully saturated rings. The molecule has 3 aromatic rings. The van der Waals surface area contributed by atoms with Gasteiger partial charge in [0.15, 0.2) is 5.76 Å². The van der Waals surface area contributed by atoms with Crippen molar-refractivity contribution in [1.29, 1.82) is 0 Å². The second kappa shape index (κ2) is 8.56. The van der Waals surface area contributed by atoms with Crippen molar-refractivity contribution >= 4 is 23.0 Å². The van der Waals surface area contributed by atoms with Crippen LogP contribution in [0.25, 0.3) is 10.6 Å². The van der Waals surface area contributed by atoms with Crippen molar-refractivity contribution in [3.8, 4) is 10.6 Å².